The summed E-state index contributed by atoms with van der Waals surface area (Å²) in [5, 5.41) is 4.37. The molecule has 8 heteroatoms. The van der Waals surface area contributed by atoms with Crippen molar-refractivity contribution >= 4 is 54.1 Å². The number of aryl methyl sites for hydroxylation is 1. The summed E-state index contributed by atoms with van der Waals surface area (Å²) in [4.78, 5) is 21.1. The minimum atomic E-state index is -0.253. The van der Waals surface area contributed by atoms with Crippen LogP contribution in [0.5, 0.6) is 11.5 Å². The number of hydrogen-bond acceptors (Lipinski definition) is 7. The van der Waals surface area contributed by atoms with Crippen molar-refractivity contribution in [2.75, 3.05) is 19.0 Å². The summed E-state index contributed by atoms with van der Waals surface area (Å²) < 4.78 is 12.7. The second-order valence-corrected chi connectivity index (χ2v) is 7.73. The van der Waals surface area contributed by atoms with Gasteiger partial charge in [-0.05, 0) is 43.3 Å². The van der Waals surface area contributed by atoms with Crippen LogP contribution in [0.2, 0.25) is 0 Å². The Morgan fingerprint density at radius 1 is 1.00 bits per heavy atom. The van der Waals surface area contributed by atoms with Crippen LogP contribution in [0.1, 0.15) is 5.01 Å². The van der Waals surface area contributed by atoms with Gasteiger partial charge in [0.25, 0.3) is 5.91 Å². The van der Waals surface area contributed by atoms with Gasteiger partial charge in [-0.1, -0.05) is 11.3 Å². The summed E-state index contributed by atoms with van der Waals surface area (Å²) >= 11 is 3.09. The Labute approximate surface area is 157 Å². The molecule has 0 radical (unpaired) electrons. The molecule has 2 heterocycles. The van der Waals surface area contributed by atoms with Crippen LogP contribution in [0.3, 0.4) is 0 Å². The van der Waals surface area contributed by atoms with Crippen molar-refractivity contribution in [1.29, 1.82) is 0 Å². The quantitative estimate of drug-likeness (QED) is 0.556. The van der Waals surface area contributed by atoms with Gasteiger partial charge in [0.2, 0.25) is 0 Å². The van der Waals surface area contributed by atoms with Crippen molar-refractivity contribution < 1.29 is 14.3 Å². The highest BCUT2D eigenvalue weighted by Crippen LogP contribution is 2.35. The molecule has 4 aromatic rings. The SMILES string of the molecule is COc1ccc(OCC(=O)Nc2nc3ccc4nc(C)sc4c3s2)cc1. The van der Waals surface area contributed by atoms with Gasteiger partial charge in [-0.25, -0.2) is 9.97 Å². The second-order valence-electron chi connectivity index (χ2n) is 5.53. The van der Waals surface area contributed by atoms with Crippen LogP contribution in [0.15, 0.2) is 36.4 Å². The minimum Gasteiger partial charge on any atom is -0.497 e. The first kappa shape index (κ1) is 16.7. The first-order valence-electron chi connectivity index (χ1n) is 7.86. The molecule has 0 aliphatic heterocycles. The number of hydrogen-bond donors (Lipinski definition) is 1. The third-order valence-electron chi connectivity index (χ3n) is 3.69. The van der Waals surface area contributed by atoms with E-state index in [1.807, 2.05) is 19.1 Å². The average molecular weight is 385 g/mol. The van der Waals surface area contributed by atoms with Crippen LogP contribution >= 0.6 is 22.7 Å². The molecule has 132 valence electrons. The maximum absolute atomic E-state index is 12.1. The first-order chi connectivity index (χ1) is 12.6. The van der Waals surface area contributed by atoms with Crippen molar-refractivity contribution in [1.82, 2.24) is 9.97 Å². The highest BCUT2D eigenvalue weighted by Gasteiger charge is 2.13. The zero-order valence-corrected chi connectivity index (χ0v) is 15.7. The number of nitrogens with zero attached hydrogens (tertiary/aromatic N) is 2. The number of ether oxygens (including phenoxy) is 2. The van der Waals surface area contributed by atoms with Crippen molar-refractivity contribution in [3.63, 3.8) is 0 Å². The number of rotatable bonds is 5. The van der Waals surface area contributed by atoms with E-state index in [9.17, 15) is 4.79 Å². The van der Waals surface area contributed by atoms with Crippen LogP contribution in [0.25, 0.3) is 20.4 Å². The summed E-state index contributed by atoms with van der Waals surface area (Å²) in [5.41, 5.74) is 1.82. The lowest BCUT2D eigenvalue weighted by Crippen LogP contribution is -2.19. The van der Waals surface area contributed by atoms with Crippen LogP contribution in [0.4, 0.5) is 5.13 Å². The van der Waals surface area contributed by atoms with E-state index in [4.69, 9.17) is 9.47 Å². The zero-order chi connectivity index (χ0) is 18.1. The van der Waals surface area contributed by atoms with Gasteiger partial charge in [-0.15, -0.1) is 11.3 Å². The standard InChI is InChI=1S/C18H15N3O3S2/c1-10-19-13-7-8-14-17(16(13)25-10)26-18(20-14)21-15(22)9-24-12-5-3-11(23-2)4-6-12/h3-8H,9H2,1-2H3,(H,20,21,22). The van der Waals surface area contributed by atoms with E-state index >= 15 is 0 Å². The highest BCUT2D eigenvalue weighted by molar-refractivity contribution is 7.28. The van der Waals surface area contributed by atoms with Gasteiger partial charge < -0.3 is 9.47 Å². The van der Waals surface area contributed by atoms with Gasteiger partial charge in [0, 0.05) is 0 Å². The summed E-state index contributed by atoms with van der Waals surface area (Å²) in [5.74, 6) is 1.09. The van der Waals surface area contributed by atoms with Gasteiger partial charge in [0.15, 0.2) is 11.7 Å². The molecular formula is C18H15N3O3S2. The second kappa shape index (κ2) is 6.89. The number of anilines is 1. The maximum atomic E-state index is 12.1. The number of benzene rings is 2. The lowest BCUT2D eigenvalue weighted by Gasteiger charge is -2.06. The lowest BCUT2D eigenvalue weighted by atomic mass is 10.3. The molecule has 4 rings (SSSR count). The Bertz CT molecular complexity index is 1090. The number of nitrogens with one attached hydrogen (secondary N) is 1. The molecule has 0 saturated carbocycles. The Morgan fingerprint density at radius 2 is 1.65 bits per heavy atom. The predicted octanol–water partition coefficient (Wildman–Crippen LogP) is 4.24. The molecule has 0 fully saturated rings. The monoisotopic (exact) mass is 385 g/mol. The van der Waals surface area contributed by atoms with Gasteiger partial charge in [-0.2, -0.15) is 0 Å². The van der Waals surface area contributed by atoms with E-state index < -0.39 is 0 Å². The van der Waals surface area contributed by atoms with Gasteiger partial charge in [0.05, 0.1) is 32.6 Å². The largest absolute Gasteiger partial charge is 0.497 e. The van der Waals surface area contributed by atoms with Crippen LogP contribution in [0, 0.1) is 6.92 Å². The number of methoxy groups -OCH3 is 1. The number of fused-ring (bicyclic) bond motifs is 3. The molecule has 0 aliphatic rings. The molecule has 0 bridgehead atoms. The van der Waals surface area contributed by atoms with E-state index in [1.54, 1.807) is 42.7 Å². The smallest absolute Gasteiger partial charge is 0.264 e. The fourth-order valence-electron chi connectivity index (χ4n) is 2.51. The molecule has 26 heavy (non-hydrogen) atoms. The van der Waals surface area contributed by atoms with Crippen molar-refractivity contribution in [2.45, 2.75) is 6.92 Å². The van der Waals surface area contributed by atoms with Crippen LogP contribution in [-0.2, 0) is 4.79 Å². The number of thiazole rings is 2. The van der Waals surface area contributed by atoms with E-state index in [1.165, 1.54) is 11.3 Å². The summed E-state index contributed by atoms with van der Waals surface area (Å²) in [7, 11) is 1.60. The van der Waals surface area contributed by atoms with E-state index in [0.717, 1.165) is 31.2 Å². The van der Waals surface area contributed by atoms with Crippen molar-refractivity contribution in [3.8, 4) is 11.5 Å². The third-order valence-corrected chi connectivity index (χ3v) is 5.83. The maximum Gasteiger partial charge on any atom is 0.264 e. The molecule has 1 amide bonds. The van der Waals surface area contributed by atoms with E-state index in [2.05, 4.69) is 15.3 Å². The first-order valence-corrected chi connectivity index (χ1v) is 9.49. The molecule has 2 aromatic carbocycles. The Morgan fingerprint density at radius 3 is 2.38 bits per heavy atom. The highest BCUT2D eigenvalue weighted by atomic mass is 32.1. The summed E-state index contributed by atoms with van der Waals surface area (Å²) in [6, 6.07) is 11.0. The molecule has 1 N–H and O–H groups in total. The van der Waals surface area contributed by atoms with E-state index in [-0.39, 0.29) is 12.5 Å². The molecule has 0 spiro atoms. The number of carbonyl (C=O) groups excluding carboxylic acids is 1. The molecule has 0 atom stereocenters. The average Bonchev–Trinajstić information content (AvgIpc) is 3.22. The molecule has 0 saturated heterocycles. The topological polar surface area (TPSA) is 73.3 Å². The molecule has 0 unspecified atom stereocenters. The van der Waals surface area contributed by atoms with Gasteiger partial charge in [0.1, 0.15) is 11.5 Å². The molecule has 2 aromatic heterocycles. The number of aromatic nitrogens is 2. The van der Waals surface area contributed by atoms with Crippen molar-refractivity contribution in [2.24, 2.45) is 0 Å². The Hall–Kier alpha value is -2.71. The lowest BCUT2D eigenvalue weighted by molar-refractivity contribution is -0.118. The van der Waals surface area contributed by atoms with Crippen LogP contribution < -0.4 is 14.8 Å². The fourth-order valence-corrected chi connectivity index (χ4v) is 4.54. The van der Waals surface area contributed by atoms with Gasteiger partial charge in [-0.3, -0.25) is 10.1 Å². The van der Waals surface area contributed by atoms with Crippen LogP contribution in [-0.4, -0.2) is 29.6 Å². The van der Waals surface area contributed by atoms with Crippen molar-refractivity contribution in [3.05, 3.63) is 41.4 Å². The molecular weight excluding hydrogens is 370 g/mol. The third kappa shape index (κ3) is 3.33. The van der Waals surface area contributed by atoms with E-state index in [0.29, 0.717) is 10.9 Å². The van der Waals surface area contributed by atoms with Gasteiger partial charge >= 0.3 is 0 Å². The normalized spacial score (nSPS) is 11.0. The summed E-state index contributed by atoms with van der Waals surface area (Å²) in [6.45, 7) is 1.90. The minimum absolute atomic E-state index is 0.0860. The zero-order valence-electron chi connectivity index (χ0n) is 14.1. The Kier molecular flexibility index (Phi) is 4.44. The summed E-state index contributed by atoms with van der Waals surface area (Å²) in [6.07, 6.45) is 0. The molecule has 6 nitrogen and oxygen atoms in total. The molecule has 0 aliphatic carbocycles. The number of amides is 1. The number of carbonyl (C=O) groups is 1. The predicted molar refractivity (Wildman–Crippen MR) is 105 cm³/mol. The fraction of sp³-hybridized carbons (Fsp3) is 0.167. The Balaban J connectivity index is 1.45.